The maximum Gasteiger partial charge on any atom is 0.0368 e. The van der Waals surface area contributed by atoms with E-state index in [-0.39, 0.29) is 0 Å². The van der Waals surface area contributed by atoms with Crippen molar-refractivity contribution in [3.8, 4) is 0 Å². The number of piperidine rings is 1. The van der Waals surface area contributed by atoms with E-state index in [9.17, 15) is 0 Å². The summed E-state index contributed by atoms with van der Waals surface area (Å²) in [5.74, 6) is 0. The van der Waals surface area contributed by atoms with Crippen molar-refractivity contribution >= 4 is 0 Å². The third-order valence-electron chi connectivity index (χ3n) is 5.37. The summed E-state index contributed by atoms with van der Waals surface area (Å²) < 4.78 is 0. The van der Waals surface area contributed by atoms with Gasteiger partial charge in [0.1, 0.15) is 0 Å². The Bertz CT molecular complexity index is 459. The van der Waals surface area contributed by atoms with Gasteiger partial charge in [0.25, 0.3) is 0 Å². The molecular formula is C17H27N3. The number of rotatable bonds is 4. The molecule has 2 aliphatic rings. The van der Waals surface area contributed by atoms with Gasteiger partial charge in [-0.05, 0) is 57.5 Å². The fraction of sp³-hybridized carbons (Fsp3) is 0.647. The van der Waals surface area contributed by atoms with E-state index in [1.807, 2.05) is 0 Å². The van der Waals surface area contributed by atoms with Gasteiger partial charge in [0.2, 0.25) is 0 Å². The molecule has 0 aromatic heterocycles. The minimum atomic E-state index is 0.300. The van der Waals surface area contributed by atoms with Crippen molar-refractivity contribution in [2.75, 3.05) is 33.7 Å². The monoisotopic (exact) mass is 273 g/mol. The van der Waals surface area contributed by atoms with Crippen molar-refractivity contribution in [1.82, 2.24) is 15.5 Å². The van der Waals surface area contributed by atoms with Crippen molar-refractivity contribution in [2.24, 2.45) is 0 Å². The molecular weight excluding hydrogens is 246 g/mol. The summed E-state index contributed by atoms with van der Waals surface area (Å²) in [5, 5.41) is 6.96. The molecule has 1 aromatic rings. The molecule has 0 aliphatic carbocycles. The first-order valence-electron chi connectivity index (χ1n) is 7.93. The number of nitrogens with zero attached hydrogens (tertiary/aromatic N) is 1. The Balaban J connectivity index is 1.84. The van der Waals surface area contributed by atoms with Gasteiger partial charge >= 0.3 is 0 Å². The molecule has 0 bridgehead atoms. The Kier molecular flexibility index (Phi) is 4.11. The summed E-state index contributed by atoms with van der Waals surface area (Å²) in [7, 11) is 4.19. The van der Waals surface area contributed by atoms with Crippen LogP contribution >= 0.6 is 0 Å². The number of nitrogens with one attached hydrogen (secondary N) is 2. The highest BCUT2D eigenvalue weighted by atomic mass is 15.2. The molecule has 20 heavy (non-hydrogen) atoms. The summed E-state index contributed by atoms with van der Waals surface area (Å²) in [4.78, 5) is 2.69. The molecule has 0 saturated carbocycles. The molecule has 1 saturated heterocycles. The first-order chi connectivity index (χ1) is 9.78. The zero-order chi connectivity index (χ0) is 14.0. The van der Waals surface area contributed by atoms with Crippen molar-refractivity contribution in [3.63, 3.8) is 0 Å². The lowest BCUT2D eigenvalue weighted by molar-refractivity contribution is 0.0678. The van der Waals surface area contributed by atoms with Crippen LogP contribution in [0.5, 0.6) is 0 Å². The van der Waals surface area contributed by atoms with Crippen LogP contribution < -0.4 is 10.6 Å². The maximum atomic E-state index is 3.65. The lowest BCUT2D eigenvalue weighted by Crippen LogP contribution is -2.55. The van der Waals surface area contributed by atoms with E-state index in [4.69, 9.17) is 0 Å². The average Bonchev–Trinajstić information content (AvgIpc) is 2.52. The summed E-state index contributed by atoms with van der Waals surface area (Å²) >= 11 is 0. The van der Waals surface area contributed by atoms with Crippen molar-refractivity contribution in [3.05, 3.63) is 35.4 Å². The lowest BCUT2D eigenvalue weighted by Gasteiger charge is -2.49. The number of hydrogen-bond acceptors (Lipinski definition) is 3. The van der Waals surface area contributed by atoms with Gasteiger partial charge in [-0.3, -0.25) is 4.90 Å². The summed E-state index contributed by atoms with van der Waals surface area (Å²) in [6.07, 6.45) is 4.94. The molecule has 0 radical (unpaired) electrons. The first-order valence-corrected chi connectivity index (χ1v) is 7.93. The Labute approximate surface area is 122 Å². The fourth-order valence-electron chi connectivity index (χ4n) is 3.98. The third kappa shape index (κ3) is 2.50. The largest absolute Gasteiger partial charge is 0.320 e. The minimum absolute atomic E-state index is 0.300. The van der Waals surface area contributed by atoms with Crippen LogP contribution in [-0.4, -0.2) is 44.2 Å². The van der Waals surface area contributed by atoms with Crippen LogP contribution in [0.1, 0.15) is 36.4 Å². The quantitative estimate of drug-likeness (QED) is 0.878. The smallest absolute Gasteiger partial charge is 0.0368 e. The highest BCUT2D eigenvalue weighted by Gasteiger charge is 2.40. The van der Waals surface area contributed by atoms with Gasteiger partial charge in [0, 0.05) is 24.7 Å². The van der Waals surface area contributed by atoms with Gasteiger partial charge in [-0.2, -0.15) is 0 Å². The molecule has 1 aromatic carbocycles. The predicted molar refractivity (Wildman–Crippen MR) is 84.0 cm³/mol. The Morgan fingerprint density at radius 3 is 2.90 bits per heavy atom. The van der Waals surface area contributed by atoms with Crippen LogP contribution in [0.3, 0.4) is 0 Å². The molecule has 110 valence electrons. The normalized spacial score (nSPS) is 29.8. The molecule has 2 aliphatic heterocycles. The SMILES string of the molecule is CNCCC1(NC)CCN2CCc3ccccc3C2C1. The summed E-state index contributed by atoms with van der Waals surface area (Å²) in [6.45, 7) is 3.55. The average molecular weight is 273 g/mol. The second kappa shape index (κ2) is 5.84. The van der Waals surface area contributed by atoms with Crippen LogP contribution in [0, 0.1) is 0 Å². The van der Waals surface area contributed by atoms with Gasteiger partial charge in [0.15, 0.2) is 0 Å². The summed E-state index contributed by atoms with van der Waals surface area (Å²) in [6, 6.07) is 9.65. The Morgan fingerprint density at radius 2 is 2.10 bits per heavy atom. The molecule has 2 heterocycles. The van der Waals surface area contributed by atoms with Crippen LogP contribution in [-0.2, 0) is 6.42 Å². The van der Waals surface area contributed by atoms with Crippen LogP contribution in [0.15, 0.2) is 24.3 Å². The van der Waals surface area contributed by atoms with Gasteiger partial charge in [-0.15, -0.1) is 0 Å². The lowest BCUT2D eigenvalue weighted by atomic mass is 9.76. The number of hydrogen-bond donors (Lipinski definition) is 2. The van der Waals surface area contributed by atoms with E-state index >= 15 is 0 Å². The number of benzene rings is 1. The molecule has 3 nitrogen and oxygen atoms in total. The van der Waals surface area contributed by atoms with E-state index in [2.05, 4.69) is 53.9 Å². The van der Waals surface area contributed by atoms with Crippen LogP contribution in [0.4, 0.5) is 0 Å². The highest BCUT2D eigenvalue weighted by Crippen LogP contribution is 2.41. The molecule has 0 amide bonds. The topological polar surface area (TPSA) is 27.3 Å². The second-order valence-corrected chi connectivity index (χ2v) is 6.34. The molecule has 3 rings (SSSR count). The summed E-state index contributed by atoms with van der Waals surface area (Å²) in [5.41, 5.74) is 3.44. The molecule has 2 atom stereocenters. The predicted octanol–water partition coefficient (Wildman–Crippen LogP) is 1.95. The third-order valence-corrected chi connectivity index (χ3v) is 5.37. The zero-order valence-electron chi connectivity index (χ0n) is 12.8. The van der Waals surface area contributed by atoms with Crippen molar-refractivity contribution < 1.29 is 0 Å². The second-order valence-electron chi connectivity index (χ2n) is 6.34. The Hall–Kier alpha value is -0.900. The fourth-order valence-corrected chi connectivity index (χ4v) is 3.98. The standard InChI is InChI=1S/C17H27N3/c1-18-10-8-17(19-2)9-12-20-11-7-14-5-3-4-6-15(14)16(20)13-17/h3-6,16,18-19H,7-13H2,1-2H3. The minimum Gasteiger partial charge on any atom is -0.320 e. The van der Waals surface area contributed by atoms with E-state index < -0.39 is 0 Å². The molecule has 3 heteroatoms. The Morgan fingerprint density at radius 1 is 1.25 bits per heavy atom. The molecule has 1 fully saturated rings. The van der Waals surface area contributed by atoms with Gasteiger partial charge in [-0.25, -0.2) is 0 Å². The van der Waals surface area contributed by atoms with E-state index in [1.165, 1.54) is 38.8 Å². The van der Waals surface area contributed by atoms with E-state index in [1.54, 1.807) is 11.1 Å². The highest BCUT2D eigenvalue weighted by molar-refractivity contribution is 5.33. The maximum absolute atomic E-state index is 3.65. The van der Waals surface area contributed by atoms with Crippen LogP contribution in [0.2, 0.25) is 0 Å². The van der Waals surface area contributed by atoms with Gasteiger partial charge < -0.3 is 10.6 Å². The first kappa shape index (κ1) is 14.1. The van der Waals surface area contributed by atoms with Gasteiger partial charge in [0.05, 0.1) is 0 Å². The van der Waals surface area contributed by atoms with E-state index in [0.29, 0.717) is 11.6 Å². The van der Waals surface area contributed by atoms with Gasteiger partial charge in [-0.1, -0.05) is 24.3 Å². The molecule has 2 N–H and O–H groups in total. The number of fused-ring (bicyclic) bond motifs is 3. The van der Waals surface area contributed by atoms with E-state index in [0.717, 1.165) is 6.54 Å². The van der Waals surface area contributed by atoms with Crippen LogP contribution in [0.25, 0.3) is 0 Å². The molecule has 0 spiro atoms. The molecule has 2 unspecified atom stereocenters. The van der Waals surface area contributed by atoms with Crippen molar-refractivity contribution in [2.45, 2.75) is 37.3 Å². The van der Waals surface area contributed by atoms with Crippen molar-refractivity contribution in [1.29, 1.82) is 0 Å². The zero-order valence-corrected chi connectivity index (χ0v) is 12.8.